The third-order valence-corrected chi connectivity index (χ3v) is 2.10. The Kier molecular flexibility index (Phi) is 3.00. The topological polar surface area (TPSA) is 67.6 Å². The summed E-state index contributed by atoms with van der Waals surface area (Å²) in [5.41, 5.74) is 5.92. The van der Waals surface area contributed by atoms with Crippen LogP contribution in [0.25, 0.3) is 0 Å². The normalized spacial score (nSPS) is 9.67. The third-order valence-electron chi connectivity index (χ3n) is 1.51. The highest BCUT2D eigenvalue weighted by Gasteiger charge is 2.05. The molecule has 0 saturated carbocycles. The molecule has 0 aliphatic rings. The molecule has 0 aliphatic carbocycles. The van der Waals surface area contributed by atoms with E-state index in [1.54, 1.807) is 22.7 Å². The van der Waals surface area contributed by atoms with Gasteiger partial charge in [0.05, 0.1) is 6.33 Å². The average molecular weight is 182 g/mol. The van der Waals surface area contributed by atoms with E-state index in [4.69, 9.17) is 11.0 Å². The Morgan fingerprint density at radius 1 is 1.83 bits per heavy atom. The predicted octanol–water partition coefficient (Wildman–Crippen LogP) is 0.700. The molecule has 1 aromatic rings. The fourth-order valence-electron chi connectivity index (χ4n) is 0.879. The molecule has 4 nitrogen and oxygen atoms in total. The molecule has 64 valence electrons. The van der Waals surface area contributed by atoms with Gasteiger partial charge in [-0.05, 0) is 6.26 Å². The number of aryl methyl sites for hydroxylation is 1. The van der Waals surface area contributed by atoms with E-state index in [1.807, 2.05) is 12.3 Å². The number of nitriles is 1. The first kappa shape index (κ1) is 8.94. The minimum absolute atomic E-state index is 0.318. The van der Waals surface area contributed by atoms with Crippen LogP contribution >= 0.6 is 11.8 Å². The second kappa shape index (κ2) is 4.02. The Bertz CT molecular complexity index is 299. The Morgan fingerprint density at radius 3 is 3.17 bits per heavy atom. The molecule has 0 saturated heterocycles. The molecule has 0 spiro atoms. The van der Waals surface area contributed by atoms with Gasteiger partial charge < -0.3 is 10.3 Å². The molecule has 1 aromatic heterocycles. The molecule has 5 heteroatoms. The largest absolute Gasteiger partial charge is 0.381 e. The van der Waals surface area contributed by atoms with Crippen molar-refractivity contribution in [3.8, 4) is 6.07 Å². The van der Waals surface area contributed by atoms with Crippen molar-refractivity contribution in [3.63, 3.8) is 0 Å². The maximum absolute atomic E-state index is 8.69. The van der Waals surface area contributed by atoms with Crippen molar-refractivity contribution in [2.45, 2.75) is 6.54 Å². The molecule has 0 radical (unpaired) electrons. The van der Waals surface area contributed by atoms with E-state index >= 15 is 0 Å². The Hall–Kier alpha value is -1.15. The van der Waals surface area contributed by atoms with Gasteiger partial charge in [0, 0.05) is 12.3 Å². The van der Waals surface area contributed by atoms with Crippen molar-refractivity contribution in [1.29, 1.82) is 5.26 Å². The van der Waals surface area contributed by atoms with E-state index in [-0.39, 0.29) is 0 Å². The van der Waals surface area contributed by atoms with Gasteiger partial charge in [-0.3, -0.25) is 0 Å². The summed E-state index contributed by atoms with van der Waals surface area (Å²) in [5.74, 6) is 1.28. The summed E-state index contributed by atoms with van der Waals surface area (Å²) in [5, 5.41) is 8.69. The van der Waals surface area contributed by atoms with Crippen LogP contribution < -0.4 is 5.73 Å². The van der Waals surface area contributed by atoms with Crippen LogP contribution in [0.15, 0.2) is 6.33 Å². The number of aromatic nitrogens is 2. The van der Waals surface area contributed by atoms with Crippen molar-refractivity contribution in [2.75, 3.05) is 17.7 Å². The molecule has 2 N–H and O–H groups in total. The third kappa shape index (κ3) is 1.71. The summed E-state index contributed by atoms with van der Waals surface area (Å²) in [6.45, 7) is 0.786. The van der Waals surface area contributed by atoms with Gasteiger partial charge in [-0.15, -0.1) is 0 Å². The highest BCUT2D eigenvalue weighted by Crippen LogP contribution is 2.08. The van der Waals surface area contributed by atoms with Gasteiger partial charge in [0.15, 0.2) is 11.5 Å². The number of thioether (sulfide) groups is 1. The average Bonchev–Trinajstić information content (AvgIpc) is 2.43. The van der Waals surface area contributed by atoms with E-state index in [9.17, 15) is 0 Å². The molecule has 0 fully saturated rings. The number of rotatable bonds is 3. The maximum atomic E-state index is 8.69. The lowest BCUT2D eigenvalue weighted by Gasteiger charge is -2.00. The second-order valence-electron chi connectivity index (χ2n) is 2.28. The number of hydrogen-bond acceptors (Lipinski definition) is 4. The number of imidazole rings is 1. The Morgan fingerprint density at radius 2 is 2.58 bits per heavy atom. The summed E-state index contributed by atoms with van der Waals surface area (Å²) in [7, 11) is 0. The highest BCUT2D eigenvalue weighted by atomic mass is 32.2. The number of nitrogens with two attached hydrogens (primary N) is 1. The van der Waals surface area contributed by atoms with Gasteiger partial charge in [0.1, 0.15) is 6.07 Å². The monoisotopic (exact) mass is 182 g/mol. The summed E-state index contributed by atoms with van der Waals surface area (Å²) < 4.78 is 1.77. The minimum Gasteiger partial charge on any atom is -0.381 e. The maximum Gasteiger partial charge on any atom is 0.164 e. The minimum atomic E-state index is 0.318. The van der Waals surface area contributed by atoms with Crippen LogP contribution in [0.5, 0.6) is 0 Å². The van der Waals surface area contributed by atoms with Gasteiger partial charge in [0.2, 0.25) is 0 Å². The molecule has 0 aromatic carbocycles. The molecular weight excluding hydrogens is 172 g/mol. The van der Waals surface area contributed by atoms with Crippen molar-refractivity contribution < 1.29 is 0 Å². The zero-order valence-electron chi connectivity index (χ0n) is 6.82. The summed E-state index contributed by atoms with van der Waals surface area (Å²) in [4.78, 5) is 3.85. The Balaban J connectivity index is 2.79. The first-order valence-corrected chi connectivity index (χ1v) is 4.88. The van der Waals surface area contributed by atoms with Crippen LogP contribution in [-0.4, -0.2) is 21.6 Å². The van der Waals surface area contributed by atoms with Gasteiger partial charge in [-0.1, -0.05) is 0 Å². The Labute approximate surface area is 75.4 Å². The lowest BCUT2D eigenvalue weighted by atomic mass is 10.4. The molecule has 0 amide bonds. The molecule has 0 unspecified atom stereocenters. The number of nitrogens with zero attached hydrogens (tertiary/aromatic N) is 3. The lowest BCUT2D eigenvalue weighted by molar-refractivity contribution is 0.761. The van der Waals surface area contributed by atoms with Crippen molar-refractivity contribution in [3.05, 3.63) is 12.0 Å². The fraction of sp³-hybridized carbons (Fsp3) is 0.429. The molecule has 1 heterocycles. The molecule has 0 aliphatic heterocycles. The fourth-order valence-corrected chi connectivity index (χ4v) is 1.26. The zero-order chi connectivity index (χ0) is 8.97. The summed E-state index contributed by atoms with van der Waals surface area (Å²) in [6.07, 6.45) is 3.62. The number of nitrogen functional groups attached to an aromatic ring is 1. The van der Waals surface area contributed by atoms with E-state index in [0.29, 0.717) is 11.5 Å². The summed E-state index contributed by atoms with van der Waals surface area (Å²) >= 11 is 1.73. The van der Waals surface area contributed by atoms with Crippen LogP contribution in [0.1, 0.15) is 5.69 Å². The van der Waals surface area contributed by atoms with Gasteiger partial charge in [0.25, 0.3) is 0 Å². The highest BCUT2D eigenvalue weighted by molar-refractivity contribution is 7.98. The van der Waals surface area contributed by atoms with E-state index in [0.717, 1.165) is 12.3 Å². The van der Waals surface area contributed by atoms with E-state index in [2.05, 4.69) is 4.98 Å². The van der Waals surface area contributed by atoms with Crippen LogP contribution in [0, 0.1) is 11.3 Å². The van der Waals surface area contributed by atoms with Crippen LogP contribution in [-0.2, 0) is 6.54 Å². The molecule has 1 rings (SSSR count). The van der Waals surface area contributed by atoms with Crippen LogP contribution in [0.2, 0.25) is 0 Å². The number of hydrogen-bond donors (Lipinski definition) is 1. The lowest BCUT2D eigenvalue weighted by Crippen LogP contribution is -2.02. The standard InChI is InChI=1S/C7H10N4S/c1-12-3-2-11-5-10-7(9)6(11)4-8/h5H,2-3,9H2,1H3. The van der Waals surface area contributed by atoms with Gasteiger partial charge >= 0.3 is 0 Å². The van der Waals surface area contributed by atoms with Gasteiger partial charge in [-0.25, -0.2) is 4.98 Å². The van der Waals surface area contributed by atoms with Crippen LogP contribution in [0.4, 0.5) is 5.82 Å². The first-order valence-electron chi connectivity index (χ1n) is 3.49. The summed E-state index contributed by atoms with van der Waals surface area (Å²) in [6, 6.07) is 2.02. The SMILES string of the molecule is CSCCn1cnc(N)c1C#N. The molecule has 0 bridgehead atoms. The van der Waals surface area contributed by atoms with Crippen molar-refractivity contribution in [2.24, 2.45) is 0 Å². The van der Waals surface area contributed by atoms with Crippen molar-refractivity contribution >= 4 is 17.6 Å². The van der Waals surface area contributed by atoms with Crippen molar-refractivity contribution in [1.82, 2.24) is 9.55 Å². The molecule has 12 heavy (non-hydrogen) atoms. The predicted molar refractivity (Wildman–Crippen MR) is 49.7 cm³/mol. The second-order valence-corrected chi connectivity index (χ2v) is 3.26. The van der Waals surface area contributed by atoms with E-state index < -0.39 is 0 Å². The van der Waals surface area contributed by atoms with E-state index in [1.165, 1.54) is 0 Å². The van der Waals surface area contributed by atoms with Gasteiger partial charge in [-0.2, -0.15) is 17.0 Å². The number of anilines is 1. The smallest absolute Gasteiger partial charge is 0.164 e. The first-order chi connectivity index (χ1) is 5.79. The van der Waals surface area contributed by atoms with Crippen LogP contribution in [0.3, 0.4) is 0 Å². The molecule has 0 atom stereocenters. The zero-order valence-corrected chi connectivity index (χ0v) is 7.64. The quantitative estimate of drug-likeness (QED) is 0.747. The molecular formula is C7H10N4S.